The van der Waals surface area contributed by atoms with E-state index in [1.807, 2.05) is 0 Å². The standard InChI is InChI=1S/C19H21F2N7O/c20-8-14(21)10-28(24)18(27-23)16-7-13(9-25-17(16)22)11-1-3-12(4-2-11)19(29)26-15-5-6-15/h1-4,7-9,15H,5-6,10,23-24H2,(H2,22,25)(H,26,29)/b14-8-,27-18-. The van der Waals surface area contributed by atoms with E-state index in [-0.39, 0.29) is 35.5 Å². The Balaban J connectivity index is 1.85. The number of amidine groups is 1. The summed E-state index contributed by atoms with van der Waals surface area (Å²) in [6.45, 7) is -0.582. The zero-order valence-corrected chi connectivity index (χ0v) is 15.5. The maximum atomic E-state index is 13.2. The van der Waals surface area contributed by atoms with Crippen molar-refractivity contribution >= 4 is 17.6 Å². The highest BCUT2D eigenvalue weighted by atomic mass is 19.2. The van der Waals surface area contributed by atoms with Gasteiger partial charge in [-0.15, -0.1) is 0 Å². The first-order valence-electron chi connectivity index (χ1n) is 8.85. The van der Waals surface area contributed by atoms with E-state index >= 15 is 0 Å². The van der Waals surface area contributed by atoms with E-state index in [4.69, 9.17) is 17.4 Å². The van der Waals surface area contributed by atoms with Gasteiger partial charge in [0.2, 0.25) is 0 Å². The molecule has 0 radical (unpaired) electrons. The quantitative estimate of drug-likeness (QED) is 0.252. The number of amides is 1. The predicted molar refractivity (Wildman–Crippen MR) is 106 cm³/mol. The van der Waals surface area contributed by atoms with Crippen molar-refractivity contribution in [3.05, 3.63) is 59.8 Å². The monoisotopic (exact) mass is 401 g/mol. The number of hydrazine groups is 1. The average Bonchev–Trinajstić information content (AvgIpc) is 3.54. The van der Waals surface area contributed by atoms with Crippen molar-refractivity contribution in [2.45, 2.75) is 18.9 Å². The molecular formula is C19H21F2N7O. The van der Waals surface area contributed by atoms with Gasteiger partial charge < -0.3 is 16.9 Å². The van der Waals surface area contributed by atoms with Crippen LogP contribution in [-0.2, 0) is 0 Å². The third kappa shape index (κ3) is 4.85. The van der Waals surface area contributed by atoms with Gasteiger partial charge in [0.05, 0.1) is 12.1 Å². The van der Waals surface area contributed by atoms with Crippen molar-refractivity contribution < 1.29 is 13.6 Å². The highest BCUT2D eigenvalue weighted by Crippen LogP contribution is 2.24. The first-order valence-corrected chi connectivity index (χ1v) is 8.85. The van der Waals surface area contributed by atoms with Crippen LogP contribution in [0.4, 0.5) is 14.6 Å². The lowest BCUT2D eigenvalue weighted by Crippen LogP contribution is -2.40. The summed E-state index contributed by atoms with van der Waals surface area (Å²) in [7, 11) is 0. The fourth-order valence-electron chi connectivity index (χ4n) is 2.69. The van der Waals surface area contributed by atoms with E-state index in [1.165, 1.54) is 6.20 Å². The molecule has 1 aliphatic rings. The highest BCUT2D eigenvalue weighted by molar-refractivity contribution is 6.03. The summed E-state index contributed by atoms with van der Waals surface area (Å²) in [4.78, 5) is 16.2. The molecule has 1 heterocycles. The number of hydrazone groups is 1. The Hall–Kier alpha value is -3.53. The molecule has 1 amide bonds. The van der Waals surface area contributed by atoms with E-state index in [0.717, 1.165) is 23.4 Å². The van der Waals surface area contributed by atoms with Gasteiger partial charge in [-0.05, 0) is 36.6 Å². The number of benzene rings is 1. The topological polar surface area (TPSA) is 136 Å². The lowest BCUT2D eigenvalue weighted by molar-refractivity contribution is 0.0951. The summed E-state index contributed by atoms with van der Waals surface area (Å²) in [5.41, 5.74) is 8.12. The van der Waals surface area contributed by atoms with Crippen molar-refractivity contribution in [2.75, 3.05) is 12.3 Å². The van der Waals surface area contributed by atoms with E-state index in [2.05, 4.69) is 15.4 Å². The molecule has 0 unspecified atom stereocenters. The van der Waals surface area contributed by atoms with Crippen LogP contribution in [0.1, 0.15) is 28.8 Å². The molecule has 0 aliphatic heterocycles. The second kappa shape index (κ2) is 8.65. The largest absolute Gasteiger partial charge is 0.383 e. The molecule has 0 bridgehead atoms. The van der Waals surface area contributed by atoms with Gasteiger partial charge in [-0.1, -0.05) is 12.1 Å². The Morgan fingerprint density at radius 3 is 2.59 bits per heavy atom. The number of aromatic nitrogens is 1. The number of nitrogens with two attached hydrogens (primary N) is 3. The average molecular weight is 401 g/mol. The second-order valence-electron chi connectivity index (χ2n) is 6.62. The first kappa shape index (κ1) is 20.2. The van der Waals surface area contributed by atoms with Crippen molar-refractivity contribution in [2.24, 2.45) is 16.8 Å². The molecule has 152 valence electrons. The molecule has 0 spiro atoms. The molecule has 10 heteroatoms. The number of nitrogens with zero attached hydrogens (tertiary/aromatic N) is 3. The molecule has 8 nitrogen and oxygen atoms in total. The number of halogens is 2. The summed E-state index contributed by atoms with van der Waals surface area (Å²) in [5.74, 6) is 9.91. The summed E-state index contributed by atoms with van der Waals surface area (Å²) < 4.78 is 25.5. The van der Waals surface area contributed by atoms with Crippen LogP contribution >= 0.6 is 0 Å². The molecule has 1 aliphatic carbocycles. The van der Waals surface area contributed by atoms with Crippen LogP contribution < -0.4 is 22.7 Å². The zero-order valence-electron chi connectivity index (χ0n) is 15.5. The summed E-state index contributed by atoms with van der Waals surface area (Å²) >= 11 is 0. The van der Waals surface area contributed by atoms with E-state index in [0.29, 0.717) is 11.1 Å². The third-order valence-electron chi connectivity index (χ3n) is 4.39. The van der Waals surface area contributed by atoms with Gasteiger partial charge in [-0.25, -0.2) is 19.6 Å². The van der Waals surface area contributed by atoms with E-state index < -0.39 is 12.4 Å². The van der Waals surface area contributed by atoms with Gasteiger partial charge in [0.15, 0.2) is 5.84 Å². The van der Waals surface area contributed by atoms with Crippen molar-refractivity contribution in [3.63, 3.8) is 0 Å². The molecular weight excluding hydrogens is 380 g/mol. The first-order chi connectivity index (χ1) is 13.9. The molecule has 0 saturated heterocycles. The van der Waals surface area contributed by atoms with Crippen molar-refractivity contribution in [1.29, 1.82) is 0 Å². The minimum Gasteiger partial charge on any atom is -0.383 e. The smallest absolute Gasteiger partial charge is 0.251 e. The van der Waals surface area contributed by atoms with Gasteiger partial charge in [0.25, 0.3) is 5.91 Å². The molecule has 1 aromatic heterocycles. The van der Waals surface area contributed by atoms with E-state index in [1.54, 1.807) is 30.3 Å². The van der Waals surface area contributed by atoms with Crippen LogP contribution in [-0.4, -0.2) is 34.3 Å². The second-order valence-corrected chi connectivity index (χ2v) is 6.62. The van der Waals surface area contributed by atoms with Crippen LogP contribution in [0.3, 0.4) is 0 Å². The fourth-order valence-corrected chi connectivity index (χ4v) is 2.69. The molecule has 2 aromatic rings. The maximum Gasteiger partial charge on any atom is 0.251 e. The summed E-state index contributed by atoms with van der Waals surface area (Å²) in [6.07, 6.45) is 3.36. The van der Waals surface area contributed by atoms with Crippen molar-refractivity contribution in [1.82, 2.24) is 15.3 Å². The number of nitrogens with one attached hydrogen (secondary N) is 1. The van der Waals surface area contributed by atoms with Gasteiger partial charge in [0, 0.05) is 23.4 Å². The lowest BCUT2D eigenvalue weighted by atomic mass is 10.0. The summed E-state index contributed by atoms with van der Waals surface area (Å²) in [5, 5.41) is 7.29. The SMILES string of the molecule is N/N=C(/c1cc(-c2ccc(C(=O)NC3CC3)cc2)cnc1N)N(N)C/C(F)=C/F. The fraction of sp³-hybridized carbons (Fsp3) is 0.211. The van der Waals surface area contributed by atoms with Crippen LogP contribution in [0.2, 0.25) is 0 Å². The third-order valence-corrected chi connectivity index (χ3v) is 4.39. The minimum absolute atomic E-state index is 0.0609. The highest BCUT2D eigenvalue weighted by Gasteiger charge is 2.23. The number of rotatable bonds is 6. The zero-order chi connectivity index (χ0) is 21.0. The number of pyridine rings is 1. The predicted octanol–water partition coefficient (Wildman–Crippen LogP) is 1.80. The lowest BCUT2D eigenvalue weighted by Gasteiger charge is -2.20. The Morgan fingerprint density at radius 2 is 2.00 bits per heavy atom. The van der Waals surface area contributed by atoms with Gasteiger partial charge >= 0.3 is 0 Å². The Labute approximate surface area is 166 Å². The normalized spacial score (nSPS) is 14.6. The Bertz CT molecular complexity index is 956. The van der Waals surface area contributed by atoms with Crippen molar-refractivity contribution in [3.8, 4) is 11.1 Å². The number of carbonyl (C=O) groups is 1. The number of carbonyl (C=O) groups excluding carboxylic acids is 1. The molecule has 7 N–H and O–H groups in total. The Kier molecular flexibility index (Phi) is 6.03. The van der Waals surface area contributed by atoms with Crippen LogP contribution in [0.5, 0.6) is 0 Å². The van der Waals surface area contributed by atoms with Crippen LogP contribution in [0.25, 0.3) is 11.1 Å². The molecule has 0 atom stereocenters. The van der Waals surface area contributed by atoms with E-state index in [9.17, 15) is 13.6 Å². The molecule has 29 heavy (non-hydrogen) atoms. The van der Waals surface area contributed by atoms with Gasteiger partial charge in [-0.2, -0.15) is 5.10 Å². The van der Waals surface area contributed by atoms with Gasteiger partial charge in [-0.3, -0.25) is 9.80 Å². The number of nitrogen functional groups attached to an aromatic ring is 1. The molecule has 1 fully saturated rings. The Morgan fingerprint density at radius 1 is 1.31 bits per heavy atom. The van der Waals surface area contributed by atoms with Crippen LogP contribution in [0, 0.1) is 0 Å². The van der Waals surface area contributed by atoms with Crippen LogP contribution in [0.15, 0.2) is 53.8 Å². The molecule has 3 rings (SSSR count). The number of hydrogen-bond donors (Lipinski definition) is 4. The minimum atomic E-state index is -1.10. The number of anilines is 1. The number of hydrogen-bond acceptors (Lipinski definition) is 6. The maximum absolute atomic E-state index is 13.2. The molecule has 1 aromatic carbocycles. The van der Waals surface area contributed by atoms with Gasteiger partial charge in [0.1, 0.15) is 18.0 Å². The molecule has 1 saturated carbocycles. The summed E-state index contributed by atoms with van der Waals surface area (Å²) in [6, 6.07) is 8.85.